The molecule has 0 saturated carbocycles. The Hall–Kier alpha value is -2.63. The summed E-state index contributed by atoms with van der Waals surface area (Å²) in [6, 6.07) is 0. The third-order valence-corrected chi connectivity index (χ3v) is 11.8. The fourth-order valence-electron chi connectivity index (χ4n) is 7.66. The summed E-state index contributed by atoms with van der Waals surface area (Å²) in [6.07, 6.45) is 62.5. The lowest BCUT2D eigenvalue weighted by molar-refractivity contribution is -0.166. The van der Waals surface area contributed by atoms with Gasteiger partial charge in [-0.1, -0.05) is 217 Å². The van der Waals surface area contributed by atoms with Gasteiger partial charge in [0.2, 0.25) is 0 Å². The van der Waals surface area contributed by atoms with Gasteiger partial charge in [-0.2, -0.15) is 0 Å². The normalized spacial score (nSPS) is 12.4. The number of hydrogen-bond acceptors (Lipinski definition) is 6. The highest BCUT2D eigenvalue weighted by Gasteiger charge is 2.19. The number of unbranched alkanes of at least 4 members (excludes halogenated alkanes) is 30. The molecule has 1 atom stereocenters. The lowest BCUT2D eigenvalue weighted by Crippen LogP contribution is -2.30. The van der Waals surface area contributed by atoms with Gasteiger partial charge >= 0.3 is 17.9 Å². The number of esters is 3. The molecule has 0 radical (unpaired) electrons. The number of allylic oxidation sites excluding steroid dienone is 8. The number of hydrogen-bond donors (Lipinski definition) is 0. The molecule has 1 unspecified atom stereocenters. The van der Waals surface area contributed by atoms with Crippen LogP contribution in [0, 0.1) is 0 Å². The number of carbonyl (C=O) groups is 3. The molecule has 0 fully saturated rings. The van der Waals surface area contributed by atoms with Gasteiger partial charge in [0.25, 0.3) is 0 Å². The first kappa shape index (κ1) is 60.4. The third-order valence-electron chi connectivity index (χ3n) is 11.8. The Kier molecular flexibility index (Phi) is 49.8. The molecule has 0 aromatic carbocycles. The first-order valence-corrected chi connectivity index (χ1v) is 27.1. The van der Waals surface area contributed by atoms with Crippen LogP contribution < -0.4 is 0 Å². The maximum absolute atomic E-state index is 12.8. The van der Waals surface area contributed by atoms with Crippen LogP contribution in [0.1, 0.15) is 278 Å². The van der Waals surface area contributed by atoms with Gasteiger partial charge in [0, 0.05) is 19.3 Å². The van der Waals surface area contributed by atoms with Crippen LogP contribution in [0.4, 0.5) is 0 Å². The van der Waals surface area contributed by atoms with Crippen molar-refractivity contribution >= 4 is 17.9 Å². The van der Waals surface area contributed by atoms with Crippen LogP contribution in [-0.4, -0.2) is 37.2 Å². The van der Waals surface area contributed by atoms with Gasteiger partial charge in [-0.05, 0) is 89.9 Å². The van der Waals surface area contributed by atoms with E-state index in [0.717, 1.165) is 70.6 Å². The van der Waals surface area contributed by atoms with Gasteiger partial charge in [-0.15, -0.1) is 0 Å². The maximum atomic E-state index is 12.8. The van der Waals surface area contributed by atoms with E-state index in [1.807, 2.05) is 6.08 Å². The van der Waals surface area contributed by atoms with E-state index in [4.69, 9.17) is 14.2 Å². The van der Waals surface area contributed by atoms with Crippen molar-refractivity contribution in [3.8, 4) is 0 Å². The summed E-state index contributed by atoms with van der Waals surface area (Å²) >= 11 is 0. The highest BCUT2D eigenvalue weighted by molar-refractivity contribution is 5.71. The fraction of sp³-hybridized carbons (Fsp3) is 0.807. The smallest absolute Gasteiger partial charge is 0.306 e. The van der Waals surface area contributed by atoms with E-state index in [9.17, 15) is 14.4 Å². The van der Waals surface area contributed by atoms with Gasteiger partial charge in [-0.25, -0.2) is 0 Å². The number of ether oxygens (including phenoxy) is 3. The average Bonchev–Trinajstić information content (AvgIpc) is 3.28. The summed E-state index contributed by atoms with van der Waals surface area (Å²) in [5, 5.41) is 0. The van der Waals surface area contributed by atoms with Crippen molar-refractivity contribution in [1.29, 1.82) is 0 Å². The van der Waals surface area contributed by atoms with Crippen LogP contribution in [0.15, 0.2) is 48.6 Å². The minimum absolute atomic E-state index is 0.0967. The molecule has 6 heteroatoms. The molecule has 0 aromatic heterocycles. The molecule has 0 aliphatic heterocycles. The summed E-state index contributed by atoms with van der Waals surface area (Å²) in [5.74, 6) is -0.975. The number of rotatable bonds is 49. The zero-order valence-electron chi connectivity index (χ0n) is 41.8. The molecule has 0 aliphatic rings. The molecule has 0 aromatic rings. The van der Waals surface area contributed by atoms with E-state index < -0.39 is 6.10 Å². The molecule has 63 heavy (non-hydrogen) atoms. The Balaban J connectivity index is 4.44. The van der Waals surface area contributed by atoms with Crippen LogP contribution in [0.2, 0.25) is 0 Å². The lowest BCUT2D eigenvalue weighted by atomic mass is 10.1. The molecule has 6 nitrogen and oxygen atoms in total. The van der Waals surface area contributed by atoms with E-state index in [1.165, 1.54) is 161 Å². The van der Waals surface area contributed by atoms with E-state index in [2.05, 4.69) is 63.3 Å². The Morgan fingerprint density at radius 3 is 0.984 bits per heavy atom. The zero-order valence-corrected chi connectivity index (χ0v) is 41.8. The quantitative estimate of drug-likeness (QED) is 0.0262. The summed E-state index contributed by atoms with van der Waals surface area (Å²) in [7, 11) is 0. The largest absolute Gasteiger partial charge is 0.462 e. The second kappa shape index (κ2) is 52.0. The molecule has 0 rings (SSSR count). The van der Waals surface area contributed by atoms with E-state index in [0.29, 0.717) is 19.3 Å². The zero-order chi connectivity index (χ0) is 45.8. The average molecular weight is 883 g/mol. The second-order valence-electron chi connectivity index (χ2n) is 18.1. The van der Waals surface area contributed by atoms with Crippen molar-refractivity contribution < 1.29 is 28.6 Å². The molecule has 0 spiro atoms. The highest BCUT2D eigenvalue weighted by Crippen LogP contribution is 2.14. The molecule has 366 valence electrons. The maximum Gasteiger partial charge on any atom is 0.306 e. The molecular weight excluding hydrogens is 781 g/mol. The van der Waals surface area contributed by atoms with Crippen LogP contribution in [0.25, 0.3) is 0 Å². The molecule has 0 bridgehead atoms. The minimum Gasteiger partial charge on any atom is -0.462 e. The molecule has 0 amide bonds. The Morgan fingerprint density at radius 2 is 0.603 bits per heavy atom. The number of carbonyl (C=O) groups excluding carboxylic acids is 3. The van der Waals surface area contributed by atoms with Crippen molar-refractivity contribution in [2.45, 2.75) is 284 Å². The van der Waals surface area contributed by atoms with Gasteiger partial charge in [0.1, 0.15) is 13.2 Å². The highest BCUT2D eigenvalue weighted by atomic mass is 16.6. The van der Waals surface area contributed by atoms with Crippen molar-refractivity contribution in [3.63, 3.8) is 0 Å². The molecule has 0 heterocycles. The predicted octanol–water partition coefficient (Wildman–Crippen LogP) is 17.9. The van der Waals surface area contributed by atoms with Crippen molar-refractivity contribution in [3.05, 3.63) is 48.6 Å². The van der Waals surface area contributed by atoms with Crippen molar-refractivity contribution in [2.75, 3.05) is 13.2 Å². The monoisotopic (exact) mass is 883 g/mol. The summed E-state index contributed by atoms with van der Waals surface area (Å²) < 4.78 is 16.7. The van der Waals surface area contributed by atoms with Crippen molar-refractivity contribution in [1.82, 2.24) is 0 Å². The molecule has 0 N–H and O–H groups in total. The van der Waals surface area contributed by atoms with Crippen LogP contribution in [0.5, 0.6) is 0 Å². The van der Waals surface area contributed by atoms with E-state index in [1.54, 1.807) is 0 Å². The van der Waals surface area contributed by atoms with Crippen molar-refractivity contribution in [2.24, 2.45) is 0 Å². The molecule has 0 saturated heterocycles. The van der Waals surface area contributed by atoms with Gasteiger partial charge in [0.15, 0.2) is 6.10 Å². The fourth-order valence-corrected chi connectivity index (χ4v) is 7.66. The standard InChI is InChI=1S/C57H102O6/c1-4-7-10-13-16-19-22-25-27-29-32-35-38-41-44-47-50-56(59)62-53-54(52-61-55(58)49-46-43-40-37-34-31-24-21-18-15-12-9-6-3)63-57(60)51-48-45-42-39-36-33-30-28-26-23-20-17-14-11-8-5-2/h27-31,34,40,43,54H,4-26,32-33,35-39,41-42,44-53H2,1-3H3/b29-27-,30-28-,34-31-,43-40-. The minimum atomic E-state index is -0.801. The second-order valence-corrected chi connectivity index (χ2v) is 18.1. The summed E-state index contributed by atoms with van der Waals surface area (Å²) in [4.78, 5) is 38.0. The van der Waals surface area contributed by atoms with Crippen LogP contribution in [-0.2, 0) is 28.6 Å². The van der Waals surface area contributed by atoms with E-state index in [-0.39, 0.29) is 37.5 Å². The molecular formula is C57H102O6. The molecule has 0 aliphatic carbocycles. The van der Waals surface area contributed by atoms with Gasteiger partial charge in [-0.3, -0.25) is 14.4 Å². The SMILES string of the molecule is CCCCCCCC/C=C\C/C=C\CCC(=O)OCC(COC(=O)CCCCCCC/C=C\CCCCCCCCC)OC(=O)CCCCCCC/C=C\CCCCCCCCC. The third kappa shape index (κ3) is 50.2. The van der Waals surface area contributed by atoms with E-state index >= 15 is 0 Å². The first-order valence-electron chi connectivity index (χ1n) is 27.1. The Bertz CT molecular complexity index is 1110. The summed E-state index contributed by atoms with van der Waals surface area (Å²) in [6.45, 7) is 6.58. The van der Waals surface area contributed by atoms with Crippen LogP contribution in [0.3, 0.4) is 0 Å². The van der Waals surface area contributed by atoms with Crippen LogP contribution >= 0.6 is 0 Å². The topological polar surface area (TPSA) is 78.9 Å². The Morgan fingerprint density at radius 1 is 0.317 bits per heavy atom. The summed E-state index contributed by atoms with van der Waals surface area (Å²) in [5.41, 5.74) is 0. The van der Waals surface area contributed by atoms with Gasteiger partial charge < -0.3 is 14.2 Å². The van der Waals surface area contributed by atoms with Gasteiger partial charge in [0.05, 0.1) is 0 Å². The predicted molar refractivity (Wildman–Crippen MR) is 270 cm³/mol. The Labute approximate surface area is 390 Å². The lowest BCUT2D eigenvalue weighted by Gasteiger charge is -2.18. The first-order chi connectivity index (χ1) is 31.0.